The van der Waals surface area contributed by atoms with Gasteiger partial charge in [0.05, 0.1) is 11.6 Å². The van der Waals surface area contributed by atoms with Gasteiger partial charge in [0.25, 0.3) is 0 Å². The molecule has 0 aliphatic carbocycles. The SMILES string of the molecule is Cc1ccc(CN2CC(C(=O)Nc3nc(CN4CCCC(C)C4)cs3)CC2=O)cc1. The molecule has 2 atom stereocenters. The van der Waals surface area contributed by atoms with Crippen LogP contribution < -0.4 is 5.32 Å². The minimum absolute atomic E-state index is 0.0368. The summed E-state index contributed by atoms with van der Waals surface area (Å²) in [4.78, 5) is 33.9. The van der Waals surface area contributed by atoms with Crippen molar-refractivity contribution < 1.29 is 9.59 Å². The molecule has 2 fully saturated rings. The first-order valence-electron chi connectivity index (χ1n) is 10.8. The lowest BCUT2D eigenvalue weighted by Gasteiger charge is -2.30. The van der Waals surface area contributed by atoms with Gasteiger partial charge in [0.1, 0.15) is 0 Å². The van der Waals surface area contributed by atoms with Crippen molar-refractivity contribution in [1.82, 2.24) is 14.8 Å². The van der Waals surface area contributed by atoms with Crippen molar-refractivity contribution >= 4 is 28.3 Å². The lowest BCUT2D eigenvalue weighted by molar-refractivity contribution is -0.128. The van der Waals surface area contributed by atoms with Gasteiger partial charge in [-0.05, 0) is 37.8 Å². The number of hydrogen-bond donors (Lipinski definition) is 1. The topological polar surface area (TPSA) is 65.5 Å². The number of thiazole rings is 1. The van der Waals surface area contributed by atoms with Crippen LogP contribution in [0.1, 0.15) is 43.0 Å². The van der Waals surface area contributed by atoms with Crippen LogP contribution in [-0.4, -0.2) is 46.2 Å². The number of rotatable bonds is 6. The van der Waals surface area contributed by atoms with Crippen molar-refractivity contribution in [1.29, 1.82) is 0 Å². The van der Waals surface area contributed by atoms with E-state index in [1.54, 1.807) is 4.90 Å². The fourth-order valence-electron chi connectivity index (χ4n) is 4.32. The normalized spacial score (nSPS) is 22.5. The molecule has 3 heterocycles. The van der Waals surface area contributed by atoms with E-state index in [1.807, 2.05) is 36.6 Å². The molecule has 2 amide bonds. The molecule has 6 nitrogen and oxygen atoms in total. The lowest BCUT2D eigenvalue weighted by Crippen LogP contribution is -2.33. The first kappa shape index (κ1) is 21.0. The Morgan fingerprint density at radius 3 is 2.80 bits per heavy atom. The van der Waals surface area contributed by atoms with Gasteiger partial charge in [0.2, 0.25) is 11.8 Å². The number of hydrogen-bond acceptors (Lipinski definition) is 5. The van der Waals surface area contributed by atoms with Crippen molar-refractivity contribution in [2.45, 2.75) is 46.2 Å². The Bertz CT molecular complexity index is 895. The Morgan fingerprint density at radius 1 is 1.23 bits per heavy atom. The zero-order valence-electron chi connectivity index (χ0n) is 17.8. The van der Waals surface area contributed by atoms with E-state index in [0.717, 1.165) is 36.8 Å². The smallest absolute Gasteiger partial charge is 0.231 e. The van der Waals surface area contributed by atoms with Crippen molar-refractivity contribution in [2.24, 2.45) is 11.8 Å². The molecular formula is C23H30N4O2S. The second kappa shape index (κ2) is 9.27. The minimum Gasteiger partial charge on any atom is -0.338 e. The summed E-state index contributed by atoms with van der Waals surface area (Å²) in [6.45, 7) is 8.42. The van der Waals surface area contributed by atoms with E-state index in [2.05, 4.69) is 22.1 Å². The van der Waals surface area contributed by atoms with Gasteiger partial charge < -0.3 is 10.2 Å². The van der Waals surface area contributed by atoms with Gasteiger partial charge in [-0.25, -0.2) is 4.98 Å². The molecule has 0 radical (unpaired) electrons. The summed E-state index contributed by atoms with van der Waals surface area (Å²) in [5.41, 5.74) is 3.29. The first-order chi connectivity index (χ1) is 14.5. The molecule has 1 aromatic heterocycles. The molecule has 4 rings (SSSR count). The predicted octanol–water partition coefficient (Wildman–Crippen LogP) is 3.67. The second-order valence-electron chi connectivity index (χ2n) is 8.78. The lowest BCUT2D eigenvalue weighted by atomic mass is 10.0. The van der Waals surface area contributed by atoms with Gasteiger partial charge in [0, 0.05) is 38.0 Å². The van der Waals surface area contributed by atoms with Gasteiger partial charge >= 0.3 is 0 Å². The molecule has 1 N–H and O–H groups in total. The summed E-state index contributed by atoms with van der Waals surface area (Å²) < 4.78 is 0. The number of likely N-dealkylation sites (tertiary alicyclic amines) is 2. The molecule has 0 spiro atoms. The molecule has 0 saturated carbocycles. The van der Waals surface area contributed by atoms with Crippen LogP contribution in [0, 0.1) is 18.8 Å². The van der Waals surface area contributed by atoms with Crippen molar-refractivity contribution in [2.75, 3.05) is 25.0 Å². The third kappa shape index (κ3) is 5.26. The Morgan fingerprint density at radius 2 is 2.03 bits per heavy atom. The number of amides is 2. The van der Waals surface area contributed by atoms with Crippen LogP contribution in [0.15, 0.2) is 29.6 Å². The van der Waals surface area contributed by atoms with Crippen LogP contribution in [0.2, 0.25) is 0 Å². The summed E-state index contributed by atoms with van der Waals surface area (Å²) in [5, 5.41) is 5.59. The zero-order chi connectivity index (χ0) is 21.1. The molecule has 2 aromatic rings. The highest BCUT2D eigenvalue weighted by Gasteiger charge is 2.34. The quantitative estimate of drug-likeness (QED) is 0.765. The molecule has 2 aliphatic heterocycles. The van der Waals surface area contributed by atoms with Crippen LogP contribution in [0.3, 0.4) is 0 Å². The largest absolute Gasteiger partial charge is 0.338 e. The van der Waals surface area contributed by atoms with Gasteiger partial charge in [-0.15, -0.1) is 11.3 Å². The Labute approximate surface area is 182 Å². The minimum atomic E-state index is -0.321. The predicted molar refractivity (Wildman–Crippen MR) is 119 cm³/mol. The van der Waals surface area contributed by atoms with E-state index in [4.69, 9.17) is 0 Å². The molecule has 30 heavy (non-hydrogen) atoms. The molecule has 160 valence electrons. The fourth-order valence-corrected chi connectivity index (χ4v) is 5.02. The number of piperidine rings is 1. The molecular weight excluding hydrogens is 396 g/mol. The highest BCUT2D eigenvalue weighted by atomic mass is 32.1. The van der Waals surface area contributed by atoms with Crippen LogP contribution in [0.5, 0.6) is 0 Å². The molecule has 1 aromatic carbocycles. The van der Waals surface area contributed by atoms with Crippen molar-refractivity contribution in [3.05, 3.63) is 46.5 Å². The standard InChI is InChI=1S/C23H30N4O2S/c1-16-5-7-18(8-6-16)12-27-13-19(10-21(27)28)22(29)25-23-24-20(15-30-23)14-26-9-3-4-17(2)11-26/h5-8,15,17,19H,3-4,9-14H2,1-2H3,(H,24,25,29). The number of anilines is 1. The summed E-state index contributed by atoms with van der Waals surface area (Å²) in [7, 11) is 0. The average molecular weight is 427 g/mol. The molecule has 7 heteroatoms. The summed E-state index contributed by atoms with van der Waals surface area (Å²) in [5.74, 6) is 0.342. The van der Waals surface area contributed by atoms with E-state index < -0.39 is 0 Å². The maximum atomic E-state index is 12.7. The van der Waals surface area contributed by atoms with Crippen molar-refractivity contribution in [3.63, 3.8) is 0 Å². The van der Waals surface area contributed by atoms with Crippen LogP contribution in [-0.2, 0) is 22.7 Å². The fraction of sp³-hybridized carbons (Fsp3) is 0.522. The number of aryl methyl sites for hydroxylation is 1. The first-order valence-corrected chi connectivity index (χ1v) is 11.6. The average Bonchev–Trinajstić information content (AvgIpc) is 3.30. The van der Waals surface area contributed by atoms with E-state index in [0.29, 0.717) is 18.2 Å². The molecule has 2 aliphatic rings. The number of carbonyl (C=O) groups excluding carboxylic acids is 2. The van der Waals surface area contributed by atoms with Gasteiger partial charge in [-0.2, -0.15) is 0 Å². The number of aromatic nitrogens is 1. The maximum absolute atomic E-state index is 12.7. The van der Waals surface area contributed by atoms with Crippen molar-refractivity contribution in [3.8, 4) is 0 Å². The van der Waals surface area contributed by atoms with Gasteiger partial charge in [-0.3, -0.25) is 14.5 Å². The van der Waals surface area contributed by atoms with Gasteiger partial charge in [-0.1, -0.05) is 36.8 Å². The number of carbonyl (C=O) groups is 2. The van der Waals surface area contributed by atoms with E-state index in [1.165, 1.54) is 29.7 Å². The van der Waals surface area contributed by atoms with Gasteiger partial charge in [0.15, 0.2) is 5.13 Å². The van der Waals surface area contributed by atoms with Crippen LogP contribution in [0.25, 0.3) is 0 Å². The zero-order valence-corrected chi connectivity index (χ0v) is 18.6. The van der Waals surface area contributed by atoms with Crippen LogP contribution >= 0.6 is 11.3 Å². The Balaban J connectivity index is 1.29. The van der Waals surface area contributed by atoms with E-state index >= 15 is 0 Å². The summed E-state index contributed by atoms with van der Waals surface area (Å²) in [6.07, 6.45) is 2.81. The molecule has 2 saturated heterocycles. The molecule has 2 unspecified atom stereocenters. The highest BCUT2D eigenvalue weighted by Crippen LogP contribution is 2.24. The third-order valence-corrected chi connectivity index (χ3v) is 6.79. The van der Waals surface area contributed by atoms with E-state index in [-0.39, 0.29) is 24.2 Å². The Kier molecular flexibility index (Phi) is 6.49. The van der Waals surface area contributed by atoms with Crippen LogP contribution in [0.4, 0.5) is 5.13 Å². The Hall–Kier alpha value is -2.25. The number of nitrogens with zero attached hydrogens (tertiary/aromatic N) is 3. The second-order valence-corrected chi connectivity index (χ2v) is 9.63. The molecule has 0 bridgehead atoms. The van der Waals surface area contributed by atoms with E-state index in [9.17, 15) is 9.59 Å². The summed E-state index contributed by atoms with van der Waals surface area (Å²) >= 11 is 1.46. The summed E-state index contributed by atoms with van der Waals surface area (Å²) in [6, 6.07) is 8.17. The third-order valence-electron chi connectivity index (χ3n) is 5.99. The number of nitrogens with one attached hydrogen (secondary N) is 1. The maximum Gasteiger partial charge on any atom is 0.231 e. The monoisotopic (exact) mass is 426 g/mol. The highest BCUT2D eigenvalue weighted by molar-refractivity contribution is 7.13. The number of benzene rings is 1.